The molecule has 0 unspecified atom stereocenters. The molecule has 2 aliphatic heterocycles. The SMILES string of the molecule is Cn1ccnc1C(=O)[C@H]1CCCN(C(=O)C2CCOCC2)C1. The van der Waals surface area contributed by atoms with E-state index in [1.54, 1.807) is 17.0 Å². The molecule has 22 heavy (non-hydrogen) atoms. The Balaban J connectivity index is 1.65. The highest BCUT2D eigenvalue weighted by Gasteiger charge is 2.33. The minimum atomic E-state index is -0.126. The van der Waals surface area contributed by atoms with E-state index in [4.69, 9.17) is 4.74 Å². The molecule has 0 N–H and O–H groups in total. The maximum absolute atomic E-state index is 12.6. The van der Waals surface area contributed by atoms with Crippen molar-refractivity contribution in [1.29, 1.82) is 0 Å². The first kappa shape index (κ1) is 15.2. The van der Waals surface area contributed by atoms with Gasteiger partial charge in [-0.1, -0.05) is 0 Å². The highest BCUT2D eigenvalue weighted by Crippen LogP contribution is 2.24. The minimum absolute atomic E-state index is 0.0528. The molecule has 0 spiro atoms. The summed E-state index contributed by atoms with van der Waals surface area (Å²) in [5, 5.41) is 0. The summed E-state index contributed by atoms with van der Waals surface area (Å²) >= 11 is 0. The van der Waals surface area contributed by atoms with Crippen LogP contribution in [0, 0.1) is 11.8 Å². The van der Waals surface area contributed by atoms with Gasteiger partial charge in [-0.25, -0.2) is 4.98 Å². The van der Waals surface area contributed by atoms with Crippen molar-refractivity contribution in [3.05, 3.63) is 18.2 Å². The number of hydrogen-bond acceptors (Lipinski definition) is 4. The number of nitrogens with zero attached hydrogens (tertiary/aromatic N) is 3. The predicted octanol–water partition coefficient (Wildman–Crippen LogP) is 1.27. The average molecular weight is 305 g/mol. The number of carbonyl (C=O) groups is 2. The zero-order valence-electron chi connectivity index (χ0n) is 13.0. The van der Waals surface area contributed by atoms with Gasteiger partial charge in [-0.3, -0.25) is 9.59 Å². The fourth-order valence-electron chi connectivity index (χ4n) is 3.38. The van der Waals surface area contributed by atoms with Crippen LogP contribution in [0.4, 0.5) is 0 Å². The van der Waals surface area contributed by atoms with Crippen LogP contribution in [-0.2, 0) is 16.6 Å². The Labute approximate surface area is 130 Å². The number of piperidine rings is 1. The lowest BCUT2D eigenvalue weighted by molar-refractivity contribution is -0.140. The molecule has 2 fully saturated rings. The van der Waals surface area contributed by atoms with Crippen molar-refractivity contribution in [1.82, 2.24) is 14.5 Å². The van der Waals surface area contributed by atoms with E-state index in [0.717, 1.165) is 32.2 Å². The van der Waals surface area contributed by atoms with Gasteiger partial charge < -0.3 is 14.2 Å². The molecule has 1 aromatic heterocycles. The van der Waals surface area contributed by atoms with Crippen molar-refractivity contribution in [2.24, 2.45) is 18.9 Å². The number of likely N-dealkylation sites (tertiary alicyclic amines) is 1. The molecule has 0 bridgehead atoms. The molecule has 6 nitrogen and oxygen atoms in total. The van der Waals surface area contributed by atoms with E-state index < -0.39 is 0 Å². The molecule has 1 atom stereocenters. The molecule has 3 rings (SSSR count). The molecule has 0 saturated carbocycles. The molecule has 1 aromatic rings. The second kappa shape index (κ2) is 6.60. The van der Waals surface area contributed by atoms with Gasteiger partial charge in [0.15, 0.2) is 5.82 Å². The Kier molecular flexibility index (Phi) is 4.57. The summed E-state index contributed by atoms with van der Waals surface area (Å²) in [6.45, 7) is 2.63. The first-order valence-corrected chi connectivity index (χ1v) is 8.05. The topological polar surface area (TPSA) is 64.4 Å². The molecule has 0 aromatic carbocycles. The Morgan fingerprint density at radius 2 is 2.00 bits per heavy atom. The lowest BCUT2D eigenvalue weighted by Gasteiger charge is -2.35. The van der Waals surface area contributed by atoms with E-state index in [9.17, 15) is 9.59 Å². The van der Waals surface area contributed by atoms with Gasteiger partial charge in [0.2, 0.25) is 11.7 Å². The van der Waals surface area contributed by atoms with E-state index in [0.29, 0.717) is 25.6 Å². The zero-order valence-corrected chi connectivity index (χ0v) is 13.0. The quantitative estimate of drug-likeness (QED) is 0.789. The molecule has 120 valence electrons. The van der Waals surface area contributed by atoms with E-state index in [1.807, 2.05) is 11.9 Å². The van der Waals surface area contributed by atoms with E-state index in [1.165, 1.54) is 0 Å². The highest BCUT2D eigenvalue weighted by atomic mass is 16.5. The Bertz CT molecular complexity index is 549. The lowest BCUT2D eigenvalue weighted by atomic mass is 9.91. The van der Waals surface area contributed by atoms with Gasteiger partial charge in [-0.2, -0.15) is 0 Å². The van der Waals surface area contributed by atoms with Crippen LogP contribution in [0.2, 0.25) is 0 Å². The largest absolute Gasteiger partial charge is 0.381 e. The van der Waals surface area contributed by atoms with Crippen molar-refractivity contribution in [2.75, 3.05) is 26.3 Å². The van der Waals surface area contributed by atoms with Crippen molar-refractivity contribution < 1.29 is 14.3 Å². The fraction of sp³-hybridized carbons (Fsp3) is 0.688. The third-order valence-corrected chi connectivity index (χ3v) is 4.72. The number of ether oxygens (including phenoxy) is 1. The first-order valence-electron chi connectivity index (χ1n) is 8.05. The maximum Gasteiger partial charge on any atom is 0.225 e. The summed E-state index contributed by atoms with van der Waals surface area (Å²) in [6, 6.07) is 0. The van der Waals surface area contributed by atoms with Crippen LogP contribution in [-0.4, -0.2) is 52.4 Å². The molecular weight excluding hydrogens is 282 g/mol. The number of carbonyl (C=O) groups excluding carboxylic acids is 2. The second-order valence-electron chi connectivity index (χ2n) is 6.24. The summed E-state index contributed by atoms with van der Waals surface area (Å²) in [5.41, 5.74) is 0. The molecule has 0 aliphatic carbocycles. The van der Waals surface area contributed by atoms with E-state index in [2.05, 4.69) is 4.98 Å². The molecule has 2 aliphatic rings. The van der Waals surface area contributed by atoms with Crippen LogP contribution in [0.3, 0.4) is 0 Å². The predicted molar refractivity (Wildman–Crippen MR) is 80.4 cm³/mol. The molecule has 1 amide bonds. The molecule has 2 saturated heterocycles. The molecule has 6 heteroatoms. The molecular formula is C16H23N3O3. The first-order chi connectivity index (χ1) is 10.7. The Morgan fingerprint density at radius 3 is 2.68 bits per heavy atom. The summed E-state index contributed by atoms with van der Waals surface area (Å²) in [6.07, 6.45) is 6.74. The fourth-order valence-corrected chi connectivity index (χ4v) is 3.38. The number of amides is 1. The number of ketones is 1. The van der Waals surface area contributed by atoms with E-state index in [-0.39, 0.29) is 23.5 Å². The standard InChI is InChI=1S/C16H23N3O3/c1-18-8-6-17-15(18)14(20)13-3-2-7-19(11-13)16(21)12-4-9-22-10-5-12/h6,8,12-13H,2-5,7,9-11H2,1H3/t13-/m0/s1. The third-order valence-electron chi connectivity index (χ3n) is 4.72. The van der Waals surface area contributed by atoms with Gasteiger partial charge in [0.05, 0.1) is 0 Å². The van der Waals surface area contributed by atoms with Crippen molar-refractivity contribution in [3.63, 3.8) is 0 Å². The van der Waals surface area contributed by atoms with Gasteiger partial charge in [0, 0.05) is 57.6 Å². The summed E-state index contributed by atoms with van der Waals surface area (Å²) in [7, 11) is 1.83. The monoisotopic (exact) mass is 305 g/mol. The normalized spacial score (nSPS) is 23.5. The summed E-state index contributed by atoms with van der Waals surface area (Å²) < 4.78 is 7.07. The summed E-state index contributed by atoms with van der Waals surface area (Å²) in [5.74, 6) is 0.678. The van der Waals surface area contributed by atoms with Gasteiger partial charge in [-0.15, -0.1) is 0 Å². The van der Waals surface area contributed by atoms with Crippen molar-refractivity contribution >= 4 is 11.7 Å². The number of rotatable bonds is 3. The number of aromatic nitrogens is 2. The zero-order chi connectivity index (χ0) is 15.5. The molecule has 3 heterocycles. The highest BCUT2D eigenvalue weighted by molar-refractivity contribution is 5.95. The average Bonchev–Trinajstić information content (AvgIpc) is 3.00. The van der Waals surface area contributed by atoms with Gasteiger partial charge >= 0.3 is 0 Å². The van der Waals surface area contributed by atoms with Gasteiger partial charge in [-0.05, 0) is 25.7 Å². The Hall–Kier alpha value is -1.69. The van der Waals surface area contributed by atoms with Gasteiger partial charge in [0.1, 0.15) is 0 Å². The van der Waals surface area contributed by atoms with Crippen molar-refractivity contribution in [3.8, 4) is 0 Å². The molecule has 0 radical (unpaired) electrons. The number of imidazole rings is 1. The second-order valence-corrected chi connectivity index (χ2v) is 6.24. The van der Waals surface area contributed by atoms with Crippen LogP contribution >= 0.6 is 0 Å². The van der Waals surface area contributed by atoms with Crippen LogP contribution in [0.15, 0.2) is 12.4 Å². The smallest absolute Gasteiger partial charge is 0.225 e. The maximum atomic E-state index is 12.6. The third kappa shape index (κ3) is 3.06. The van der Waals surface area contributed by atoms with Gasteiger partial charge in [0.25, 0.3) is 0 Å². The summed E-state index contributed by atoms with van der Waals surface area (Å²) in [4.78, 5) is 31.2. The lowest BCUT2D eigenvalue weighted by Crippen LogP contribution is -2.46. The number of Topliss-reactive ketones (excluding diaryl/α,β-unsaturated/α-hetero) is 1. The van der Waals surface area contributed by atoms with Crippen LogP contribution in [0.25, 0.3) is 0 Å². The van der Waals surface area contributed by atoms with Crippen LogP contribution in [0.5, 0.6) is 0 Å². The minimum Gasteiger partial charge on any atom is -0.381 e. The van der Waals surface area contributed by atoms with Crippen LogP contribution in [0.1, 0.15) is 36.3 Å². The van der Waals surface area contributed by atoms with E-state index >= 15 is 0 Å². The number of hydrogen-bond donors (Lipinski definition) is 0. The van der Waals surface area contributed by atoms with Crippen LogP contribution < -0.4 is 0 Å². The van der Waals surface area contributed by atoms with Crippen molar-refractivity contribution in [2.45, 2.75) is 25.7 Å². The Morgan fingerprint density at radius 1 is 1.23 bits per heavy atom. The number of aryl methyl sites for hydroxylation is 1.